The van der Waals surface area contributed by atoms with Crippen molar-refractivity contribution in [3.8, 4) is 0 Å². The van der Waals surface area contributed by atoms with Gasteiger partial charge in [0.2, 0.25) is 11.8 Å². The van der Waals surface area contributed by atoms with Gasteiger partial charge in [0.25, 0.3) is 11.6 Å². The van der Waals surface area contributed by atoms with Crippen LogP contribution in [0.2, 0.25) is 0 Å². The molecule has 1 unspecified atom stereocenters. The molecule has 0 saturated carbocycles. The Balaban J connectivity index is 1.50. The van der Waals surface area contributed by atoms with Crippen molar-refractivity contribution in [2.75, 3.05) is 18.4 Å². The first-order valence-electron chi connectivity index (χ1n) is 9.83. The molecule has 2 aromatic rings. The maximum Gasteiger partial charge on any atom is 0.270 e. The number of nitrogens with zero attached hydrogens (tertiary/aromatic N) is 3. The van der Waals surface area contributed by atoms with Crippen molar-refractivity contribution < 1.29 is 23.8 Å². The van der Waals surface area contributed by atoms with Crippen LogP contribution >= 0.6 is 0 Å². The van der Waals surface area contributed by atoms with Gasteiger partial charge in [-0.25, -0.2) is 0 Å². The van der Waals surface area contributed by atoms with Gasteiger partial charge in [0.05, 0.1) is 4.92 Å². The van der Waals surface area contributed by atoms with Crippen LogP contribution in [0, 0.1) is 23.0 Å². The van der Waals surface area contributed by atoms with Gasteiger partial charge in [-0.3, -0.25) is 24.5 Å². The number of aromatic nitrogens is 1. The highest BCUT2D eigenvalue weighted by molar-refractivity contribution is 5.98. The van der Waals surface area contributed by atoms with Gasteiger partial charge in [-0.1, -0.05) is 11.2 Å². The number of hydrogen-bond donors (Lipinski definition) is 2. The zero-order valence-electron chi connectivity index (χ0n) is 17.2. The molecule has 2 N–H and O–H groups in total. The summed E-state index contributed by atoms with van der Waals surface area (Å²) in [6.45, 7) is 4.05. The minimum absolute atomic E-state index is 0.104. The molecule has 2 heterocycles. The molecule has 1 aromatic heterocycles. The molecule has 31 heavy (non-hydrogen) atoms. The van der Waals surface area contributed by atoms with Gasteiger partial charge in [-0.05, 0) is 32.8 Å². The predicted molar refractivity (Wildman–Crippen MR) is 109 cm³/mol. The fourth-order valence-electron chi connectivity index (χ4n) is 3.39. The summed E-state index contributed by atoms with van der Waals surface area (Å²) in [6, 6.07) is 6.12. The van der Waals surface area contributed by atoms with Gasteiger partial charge in [0.1, 0.15) is 11.8 Å². The van der Waals surface area contributed by atoms with Gasteiger partial charge < -0.3 is 20.1 Å². The fourth-order valence-corrected chi connectivity index (χ4v) is 3.39. The van der Waals surface area contributed by atoms with Gasteiger partial charge in [-0.15, -0.1) is 0 Å². The van der Waals surface area contributed by atoms with Crippen LogP contribution in [0.1, 0.15) is 35.9 Å². The lowest BCUT2D eigenvalue weighted by Gasteiger charge is -2.33. The van der Waals surface area contributed by atoms with E-state index in [-0.39, 0.29) is 29.0 Å². The molecule has 11 heteroatoms. The predicted octanol–water partition coefficient (Wildman–Crippen LogP) is 1.89. The SMILES string of the molecule is Cc1cc(NC(=O)C2CCN(C(=O)C(C)NC(=O)c3cccc([N+](=O)[O-])c3)CC2)no1. The second kappa shape index (κ2) is 9.37. The van der Waals surface area contributed by atoms with E-state index in [0.29, 0.717) is 37.5 Å². The zero-order valence-corrected chi connectivity index (χ0v) is 17.2. The Hall–Kier alpha value is -3.76. The van der Waals surface area contributed by atoms with E-state index in [9.17, 15) is 24.5 Å². The molecule has 11 nitrogen and oxygen atoms in total. The van der Waals surface area contributed by atoms with Crippen LogP contribution in [0.15, 0.2) is 34.9 Å². The van der Waals surface area contributed by atoms with Crippen molar-refractivity contribution in [3.05, 3.63) is 51.8 Å². The smallest absolute Gasteiger partial charge is 0.270 e. The Kier molecular flexibility index (Phi) is 6.63. The van der Waals surface area contributed by atoms with E-state index in [1.165, 1.54) is 18.2 Å². The van der Waals surface area contributed by atoms with Crippen LogP contribution in [0.25, 0.3) is 0 Å². The lowest BCUT2D eigenvalue weighted by Crippen LogP contribution is -2.50. The van der Waals surface area contributed by atoms with E-state index in [1.54, 1.807) is 24.8 Å². The van der Waals surface area contributed by atoms with Crippen molar-refractivity contribution in [3.63, 3.8) is 0 Å². The standard InChI is InChI=1S/C20H23N5O6/c1-12-10-17(23-31-12)22-18(26)14-6-8-24(9-7-14)20(28)13(2)21-19(27)15-4-3-5-16(11-15)25(29)30/h3-5,10-11,13-14H,6-9H2,1-2H3,(H,21,27)(H,22,23,26). The van der Waals surface area contributed by atoms with E-state index in [4.69, 9.17) is 4.52 Å². The number of piperidine rings is 1. The third kappa shape index (κ3) is 5.44. The maximum atomic E-state index is 12.7. The molecule has 0 spiro atoms. The zero-order chi connectivity index (χ0) is 22.5. The van der Waals surface area contributed by atoms with Gasteiger partial charge in [0, 0.05) is 42.8 Å². The van der Waals surface area contributed by atoms with E-state index >= 15 is 0 Å². The van der Waals surface area contributed by atoms with Gasteiger partial charge >= 0.3 is 0 Å². The lowest BCUT2D eigenvalue weighted by molar-refractivity contribution is -0.384. The van der Waals surface area contributed by atoms with Crippen LogP contribution in [0.3, 0.4) is 0 Å². The highest BCUT2D eigenvalue weighted by Gasteiger charge is 2.30. The highest BCUT2D eigenvalue weighted by Crippen LogP contribution is 2.20. The van der Waals surface area contributed by atoms with E-state index in [2.05, 4.69) is 15.8 Å². The summed E-state index contributed by atoms with van der Waals surface area (Å²) in [7, 11) is 0. The number of carbonyl (C=O) groups is 3. The number of nitro groups is 1. The average molecular weight is 429 g/mol. The number of amides is 3. The molecular formula is C20H23N5O6. The Morgan fingerprint density at radius 2 is 1.97 bits per heavy atom. The van der Waals surface area contributed by atoms with Crippen molar-refractivity contribution in [1.82, 2.24) is 15.4 Å². The summed E-state index contributed by atoms with van der Waals surface area (Å²) in [4.78, 5) is 49.3. The Labute approximate surface area is 177 Å². The van der Waals surface area contributed by atoms with Crippen molar-refractivity contribution in [1.29, 1.82) is 0 Å². The summed E-state index contributed by atoms with van der Waals surface area (Å²) in [5.41, 5.74) is -0.0971. The number of anilines is 1. The first-order valence-corrected chi connectivity index (χ1v) is 9.83. The molecule has 3 rings (SSSR count). The summed E-state index contributed by atoms with van der Waals surface area (Å²) in [6.07, 6.45) is 0.972. The molecule has 1 atom stereocenters. The third-order valence-electron chi connectivity index (χ3n) is 5.09. The molecule has 1 aromatic carbocycles. The minimum Gasteiger partial charge on any atom is -0.360 e. The van der Waals surface area contributed by atoms with E-state index < -0.39 is 16.9 Å². The Morgan fingerprint density at radius 1 is 1.26 bits per heavy atom. The molecule has 3 amide bonds. The number of aryl methyl sites for hydroxylation is 1. The highest BCUT2D eigenvalue weighted by atomic mass is 16.6. The second-order valence-electron chi connectivity index (χ2n) is 7.41. The quantitative estimate of drug-likeness (QED) is 0.526. The van der Waals surface area contributed by atoms with E-state index in [0.717, 1.165) is 6.07 Å². The Bertz CT molecular complexity index is 995. The number of likely N-dealkylation sites (tertiary alicyclic amines) is 1. The molecule has 164 valence electrons. The lowest BCUT2D eigenvalue weighted by atomic mass is 9.95. The largest absolute Gasteiger partial charge is 0.360 e. The second-order valence-corrected chi connectivity index (χ2v) is 7.41. The molecule has 0 aliphatic carbocycles. The van der Waals surface area contributed by atoms with Crippen molar-refractivity contribution in [2.45, 2.75) is 32.7 Å². The number of carbonyl (C=O) groups excluding carboxylic acids is 3. The van der Waals surface area contributed by atoms with Crippen LogP contribution < -0.4 is 10.6 Å². The monoisotopic (exact) mass is 429 g/mol. The van der Waals surface area contributed by atoms with Crippen LogP contribution in [-0.4, -0.2) is 51.8 Å². The number of non-ortho nitro benzene ring substituents is 1. The normalized spacial score (nSPS) is 15.2. The van der Waals surface area contributed by atoms with Crippen molar-refractivity contribution in [2.24, 2.45) is 5.92 Å². The van der Waals surface area contributed by atoms with Crippen LogP contribution in [-0.2, 0) is 9.59 Å². The number of hydrogen-bond acceptors (Lipinski definition) is 7. The van der Waals surface area contributed by atoms with Gasteiger partial charge in [0.15, 0.2) is 5.82 Å². The number of benzene rings is 1. The fraction of sp³-hybridized carbons (Fsp3) is 0.400. The summed E-state index contributed by atoms with van der Waals surface area (Å²) >= 11 is 0. The first-order chi connectivity index (χ1) is 14.7. The Morgan fingerprint density at radius 3 is 2.58 bits per heavy atom. The van der Waals surface area contributed by atoms with Crippen LogP contribution in [0.5, 0.6) is 0 Å². The average Bonchev–Trinajstić information content (AvgIpc) is 3.17. The van der Waals surface area contributed by atoms with E-state index in [1.807, 2.05) is 0 Å². The van der Waals surface area contributed by atoms with Crippen LogP contribution in [0.4, 0.5) is 11.5 Å². The summed E-state index contributed by atoms with van der Waals surface area (Å²) < 4.78 is 4.92. The minimum atomic E-state index is -0.810. The number of rotatable bonds is 6. The molecule has 1 fully saturated rings. The molecule has 0 bridgehead atoms. The van der Waals surface area contributed by atoms with Gasteiger partial charge in [-0.2, -0.15) is 0 Å². The topological polar surface area (TPSA) is 148 Å². The molecule has 1 aliphatic rings. The summed E-state index contributed by atoms with van der Waals surface area (Å²) in [5, 5.41) is 19.9. The molecule has 0 radical (unpaired) electrons. The maximum absolute atomic E-state index is 12.7. The number of nitro benzene ring substituents is 1. The first kappa shape index (κ1) is 21.9. The molecular weight excluding hydrogens is 406 g/mol. The molecule has 1 saturated heterocycles. The number of nitrogens with one attached hydrogen (secondary N) is 2. The molecule has 1 aliphatic heterocycles. The summed E-state index contributed by atoms with van der Waals surface area (Å²) in [5.74, 6) is -0.315. The third-order valence-corrected chi connectivity index (χ3v) is 5.09. The van der Waals surface area contributed by atoms with Crippen molar-refractivity contribution >= 4 is 29.2 Å².